The number of benzene rings is 1. The lowest BCUT2D eigenvalue weighted by Gasteiger charge is -2.30. The van der Waals surface area contributed by atoms with Gasteiger partial charge in [0, 0.05) is 38.9 Å². The van der Waals surface area contributed by atoms with Crippen molar-refractivity contribution in [2.45, 2.75) is 26.7 Å². The van der Waals surface area contributed by atoms with Gasteiger partial charge in [0.05, 0.1) is 19.8 Å². The third-order valence-corrected chi connectivity index (χ3v) is 4.46. The second-order valence-corrected chi connectivity index (χ2v) is 6.07. The number of carbonyl (C=O) groups is 2. The number of methoxy groups -OCH3 is 2. The van der Waals surface area contributed by atoms with E-state index in [1.54, 1.807) is 11.0 Å². The molecule has 1 heterocycles. The Morgan fingerprint density at radius 3 is 2.15 bits per heavy atom. The predicted octanol–water partition coefficient (Wildman–Crippen LogP) is 2.33. The van der Waals surface area contributed by atoms with E-state index in [4.69, 9.17) is 19.4 Å². The highest BCUT2D eigenvalue weighted by atomic mass is 16.5. The van der Waals surface area contributed by atoms with E-state index in [1.807, 2.05) is 0 Å². The smallest absolute Gasteiger partial charge is 0.228 e. The molecular weight excluding hydrogens is 340 g/mol. The number of rotatable bonds is 5. The Kier molecular flexibility index (Phi) is 6.43. The molecule has 2 rings (SSSR count). The van der Waals surface area contributed by atoms with Gasteiger partial charge in [0.2, 0.25) is 11.8 Å². The van der Waals surface area contributed by atoms with E-state index in [0.29, 0.717) is 43.0 Å². The fourth-order valence-electron chi connectivity index (χ4n) is 2.99. The highest BCUT2D eigenvalue weighted by Crippen LogP contribution is 2.37. The number of nitrogens with zero attached hydrogens (tertiary/aromatic N) is 2. The van der Waals surface area contributed by atoms with Crippen molar-refractivity contribution in [1.82, 2.24) is 4.90 Å². The summed E-state index contributed by atoms with van der Waals surface area (Å²) in [6.07, 6.45) is 1.17. The Labute approximate surface area is 152 Å². The van der Waals surface area contributed by atoms with Gasteiger partial charge in [-0.25, -0.2) is 0 Å². The van der Waals surface area contributed by atoms with E-state index >= 15 is 0 Å². The molecule has 1 N–H and O–H groups in total. The maximum absolute atomic E-state index is 13.1. The molecule has 0 bridgehead atoms. The van der Waals surface area contributed by atoms with Gasteiger partial charge in [0.25, 0.3) is 0 Å². The molecule has 142 valence electrons. The first-order chi connectivity index (χ1) is 12.4. The fourth-order valence-corrected chi connectivity index (χ4v) is 2.99. The van der Waals surface area contributed by atoms with Crippen LogP contribution in [0.1, 0.15) is 37.0 Å². The summed E-state index contributed by atoms with van der Waals surface area (Å²) in [6, 6.07) is 3.10. The van der Waals surface area contributed by atoms with Crippen LogP contribution in [0.5, 0.6) is 17.2 Å². The van der Waals surface area contributed by atoms with Gasteiger partial charge in [-0.15, -0.1) is 0 Å². The molecule has 0 spiro atoms. The van der Waals surface area contributed by atoms with E-state index in [-0.39, 0.29) is 29.3 Å². The van der Waals surface area contributed by atoms with Crippen LogP contribution < -0.4 is 14.2 Å². The molecule has 1 fully saturated rings. The van der Waals surface area contributed by atoms with Crippen LogP contribution in [0.4, 0.5) is 0 Å². The van der Waals surface area contributed by atoms with E-state index in [0.717, 1.165) is 0 Å². The Bertz CT molecular complexity index is 708. The minimum Gasteiger partial charge on any atom is -0.493 e. The summed E-state index contributed by atoms with van der Waals surface area (Å²) in [7, 11) is 2.96. The Morgan fingerprint density at radius 2 is 1.65 bits per heavy atom. The van der Waals surface area contributed by atoms with Crippen LogP contribution in [0.15, 0.2) is 17.3 Å². The standard InChI is InChI=1S/C18H24N2O6/c1-11(19-23)26-15-10-17(25-4)16(24-3)9-14(15)18(22)13-5-7-20(8-6-13)12(2)21/h9-10,13,23H,5-8H2,1-4H3. The zero-order chi connectivity index (χ0) is 19.3. The lowest BCUT2D eigenvalue weighted by atomic mass is 9.88. The number of oxime groups is 1. The number of amides is 1. The monoisotopic (exact) mass is 364 g/mol. The van der Waals surface area contributed by atoms with E-state index in [9.17, 15) is 9.59 Å². The highest BCUT2D eigenvalue weighted by molar-refractivity contribution is 6.02. The minimum atomic E-state index is -0.225. The SMILES string of the molecule is COc1cc(OC(C)=NO)c(C(=O)C2CCN(C(C)=O)CC2)cc1OC. The van der Waals surface area contributed by atoms with Gasteiger partial charge in [-0.1, -0.05) is 5.16 Å². The van der Waals surface area contributed by atoms with Gasteiger partial charge in [0.15, 0.2) is 17.3 Å². The normalized spacial score (nSPS) is 15.5. The zero-order valence-electron chi connectivity index (χ0n) is 15.4. The van der Waals surface area contributed by atoms with Crippen LogP contribution >= 0.6 is 0 Å². The van der Waals surface area contributed by atoms with Crippen LogP contribution in [0, 0.1) is 5.92 Å². The van der Waals surface area contributed by atoms with Crippen LogP contribution in [-0.4, -0.2) is 55.0 Å². The number of ether oxygens (including phenoxy) is 3. The molecular formula is C18H24N2O6. The molecule has 1 aromatic rings. The maximum Gasteiger partial charge on any atom is 0.228 e. The van der Waals surface area contributed by atoms with Crippen molar-refractivity contribution in [2.24, 2.45) is 11.1 Å². The molecule has 0 radical (unpaired) electrons. The van der Waals surface area contributed by atoms with Crippen LogP contribution in [0.25, 0.3) is 0 Å². The second kappa shape index (κ2) is 8.55. The second-order valence-electron chi connectivity index (χ2n) is 6.07. The molecule has 1 saturated heterocycles. The van der Waals surface area contributed by atoms with E-state index in [2.05, 4.69) is 5.16 Å². The Balaban J connectivity index is 2.33. The number of carbonyl (C=O) groups excluding carboxylic acids is 2. The van der Waals surface area contributed by atoms with Gasteiger partial charge >= 0.3 is 0 Å². The lowest BCUT2D eigenvalue weighted by Crippen LogP contribution is -2.39. The first-order valence-electron chi connectivity index (χ1n) is 8.33. The topological polar surface area (TPSA) is 97.7 Å². The number of ketones is 1. The predicted molar refractivity (Wildman–Crippen MR) is 94.4 cm³/mol. The van der Waals surface area contributed by atoms with Gasteiger partial charge in [-0.2, -0.15) is 0 Å². The quantitative estimate of drug-likeness (QED) is 0.283. The first-order valence-corrected chi connectivity index (χ1v) is 8.33. The third-order valence-electron chi connectivity index (χ3n) is 4.46. The molecule has 0 aliphatic carbocycles. The molecule has 1 aliphatic heterocycles. The fraction of sp³-hybridized carbons (Fsp3) is 0.500. The van der Waals surface area contributed by atoms with Crippen molar-refractivity contribution >= 4 is 17.6 Å². The molecule has 0 atom stereocenters. The van der Waals surface area contributed by atoms with Crippen molar-refractivity contribution in [3.63, 3.8) is 0 Å². The van der Waals surface area contributed by atoms with Gasteiger partial charge in [-0.05, 0) is 18.9 Å². The molecule has 1 aliphatic rings. The molecule has 0 unspecified atom stereocenters. The van der Waals surface area contributed by atoms with Crippen LogP contribution in [0.2, 0.25) is 0 Å². The summed E-state index contributed by atoms with van der Waals surface area (Å²) in [6.45, 7) is 4.09. The molecule has 1 amide bonds. The summed E-state index contributed by atoms with van der Waals surface area (Å²) in [5.41, 5.74) is 0.326. The number of Topliss-reactive ketones (excluding diaryl/α,β-unsaturated/α-hetero) is 1. The lowest BCUT2D eigenvalue weighted by molar-refractivity contribution is -0.130. The maximum atomic E-state index is 13.1. The molecule has 26 heavy (non-hydrogen) atoms. The summed E-state index contributed by atoms with van der Waals surface area (Å²) in [4.78, 5) is 26.2. The largest absolute Gasteiger partial charge is 0.493 e. The summed E-state index contributed by atoms with van der Waals surface area (Å²) < 4.78 is 16.0. The molecule has 8 nitrogen and oxygen atoms in total. The van der Waals surface area contributed by atoms with E-state index in [1.165, 1.54) is 34.1 Å². The molecule has 0 saturated carbocycles. The molecule has 1 aromatic carbocycles. The van der Waals surface area contributed by atoms with Gasteiger partial charge in [-0.3, -0.25) is 9.59 Å². The van der Waals surface area contributed by atoms with Crippen molar-refractivity contribution in [3.05, 3.63) is 17.7 Å². The summed E-state index contributed by atoms with van der Waals surface area (Å²) in [5, 5.41) is 11.9. The Hall–Kier alpha value is -2.77. The first kappa shape index (κ1) is 19.6. The number of hydrogen-bond acceptors (Lipinski definition) is 7. The highest BCUT2D eigenvalue weighted by Gasteiger charge is 2.30. The molecule has 8 heteroatoms. The number of hydrogen-bond donors (Lipinski definition) is 1. The molecule has 0 aromatic heterocycles. The van der Waals surface area contributed by atoms with Gasteiger partial charge < -0.3 is 24.3 Å². The van der Waals surface area contributed by atoms with Crippen LogP contribution in [0.3, 0.4) is 0 Å². The zero-order valence-corrected chi connectivity index (χ0v) is 15.4. The minimum absolute atomic E-state index is 0.00216. The van der Waals surface area contributed by atoms with Crippen LogP contribution in [-0.2, 0) is 4.79 Å². The van der Waals surface area contributed by atoms with Crippen molar-refractivity contribution in [1.29, 1.82) is 0 Å². The van der Waals surface area contributed by atoms with Crippen molar-refractivity contribution < 1.29 is 29.0 Å². The number of likely N-dealkylation sites (tertiary alicyclic amines) is 1. The van der Waals surface area contributed by atoms with E-state index < -0.39 is 0 Å². The third kappa shape index (κ3) is 4.25. The Morgan fingerprint density at radius 1 is 1.08 bits per heavy atom. The summed E-state index contributed by atoms with van der Waals surface area (Å²) in [5.74, 6) is 0.724. The summed E-state index contributed by atoms with van der Waals surface area (Å²) >= 11 is 0. The average Bonchev–Trinajstić information content (AvgIpc) is 2.66. The average molecular weight is 364 g/mol. The van der Waals surface area contributed by atoms with Gasteiger partial charge in [0.1, 0.15) is 5.75 Å². The van der Waals surface area contributed by atoms with Crippen molar-refractivity contribution in [2.75, 3.05) is 27.3 Å². The number of piperidine rings is 1. The van der Waals surface area contributed by atoms with Crippen molar-refractivity contribution in [3.8, 4) is 17.2 Å².